The molecule has 0 spiro atoms. The number of carbonyl (C=O) groups is 2. The summed E-state index contributed by atoms with van der Waals surface area (Å²) in [5.74, 6) is 0.115. The number of carbonyl (C=O) groups excluding carboxylic acids is 2. The highest BCUT2D eigenvalue weighted by atomic mass is 16.5. The Kier molecular flexibility index (Phi) is 6.46. The first-order valence-corrected chi connectivity index (χ1v) is 10.8. The molecule has 6 nitrogen and oxygen atoms in total. The minimum atomic E-state index is -0.443. The average Bonchev–Trinajstić information content (AvgIpc) is 3.16. The molecular formula is C21H37N3O3. The molecule has 1 atom stereocenters. The number of amides is 2. The first kappa shape index (κ1) is 20.6. The Balaban J connectivity index is 1.64. The fourth-order valence-electron chi connectivity index (χ4n) is 4.94. The van der Waals surface area contributed by atoms with E-state index in [1.165, 1.54) is 19.3 Å². The van der Waals surface area contributed by atoms with Gasteiger partial charge in [0.1, 0.15) is 6.04 Å². The molecule has 0 radical (unpaired) electrons. The lowest BCUT2D eigenvalue weighted by Crippen LogP contribution is -2.61. The molecule has 2 saturated heterocycles. The third kappa shape index (κ3) is 4.65. The van der Waals surface area contributed by atoms with Gasteiger partial charge >= 0.3 is 0 Å². The van der Waals surface area contributed by atoms with E-state index in [1.807, 2.05) is 20.8 Å². The summed E-state index contributed by atoms with van der Waals surface area (Å²) in [6.07, 6.45) is 7.71. The van der Waals surface area contributed by atoms with Crippen LogP contribution in [0, 0.1) is 5.41 Å². The number of rotatable bonds is 4. The van der Waals surface area contributed by atoms with Crippen LogP contribution in [0.25, 0.3) is 0 Å². The van der Waals surface area contributed by atoms with E-state index in [2.05, 4.69) is 10.2 Å². The van der Waals surface area contributed by atoms with E-state index in [9.17, 15) is 9.59 Å². The highest BCUT2D eigenvalue weighted by Crippen LogP contribution is 2.34. The Hall–Kier alpha value is -1.14. The van der Waals surface area contributed by atoms with Gasteiger partial charge in [0.15, 0.2) is 0 Å². The van der Waals surface area contributed by atoms with Gasteiger partial charge in [0.25, 0.3) is 0 Å². The lowest BCUT2D eigenvalue weighted by molar-refractivity contribution is -0.145. The molecule has 1 saturated carbocycles. The topological polar surface area (TPSA) is 61.9 Å². The Morgan fingerprint density at radius 1 is 1.04 bits per heavy atom. The minimum absolute atomic E-state index is 0.0308. The second kappa shape index (κ2) is 8.48. The van der Waals surface area contributed by atoms with Crippen LogP contribution < -0.4 is 5.32 Å². The summed E-state index contributed by atoms with van der Waals surface area (Å²) in [7, 11) is 0. The van der Waals surface area contributed by atoms with E-state index < -0.39 is 5.41 Å². The Bertz CT molecular complexity index is 531. The first-order chi connectivity index (χ1) is 12.8. The van der Waals surface area contributed by atoms with Crippen LogP contribution in [-0.4, -0.2) is 72.6 Å². The van der Waals surface area contributed by atoms with Crippen molar-refractivity contribution in [3.8, 4) is 0 Å². The molecule has 154 valence electrons. The molecule has 0 aromatic rings. The molecule has 3 rings (SSSR count). The monoisotopic (exact) mass is 379 g/mol. The summed E-state index contributed by atoms with van der Waals surface area (Å²) < 4.78 is 5.54. The number of hydrogen-bond acceptors (Lipinski definition) is 4. The van der Waals surface area contributed by atoms with E-state index in [4.69, 9.17) is 4.74 Å². The van der Waals surface area contributed by atoms with Crippen LogP contribution in [0.4, 0.5) is 0 Å². The van der Waals surface area contributed by atoms with Crippen molar-refractivity contribution in [3.63, 3.8) is 0 Å². The lowest BCUT2D eigenvalue weighted by atomic mass is 9.79. The summed E-state index contributed by atoms with van der Waals surface area (Å²) in [4.78, 5) is 30.1. The molecule has 0 aromatic carbocycles. The molecule has 6 heteroatoms. The van der Waals surface area contributed by atoms with Gasteiger partial charge in [-0.1, -0.05) is 40.0 Å². The van der Waals surface area contributed by atoms with Crippen molar-refractivity contribution in [2.24, 2.45) is 5.41 Å². The van der Waals surface area contributed by atoms with Crippen LogP contribution >= 0.6 is 0 Å². The van der Waals surface area contributed by atoms with Gasteiger partial charge in [0.2, 0.25) is 11.8 Å². The fraction of sp³-hybridized carbons (Fsp3) is 0.905. The lowest BCUT2D eigenvalue weighted by Gasteiger charge is -2.48. The molecule has 3 aliphatic rings. The maximum absolute atomic E-state index is 13.0. The van der Waals surface area contributed by atoms with Gasteiger partial charge in [0.05, 0.1) is 13.2 Å². The normalized spacial score (nSPS) is 26.8. The van der Waals surface area contributed by atoms with Crippen molar-refractivity contribution in [2.75, 3.05) is 39.4 Å². The molecule has 1 aliphatic carbocycles. The van der Waals surface area contributed by atoms with E-state index in [0.717, 1.165) is 52.0 Å². The zero-order valence-corrected chi connectivity index (χ0v) is 17.4. The van der Waals surface area contributed by atoms with Gasteiger partial charge in [-0.3, -0.25) is 14.5 Å². The van der Waals surface area contributed by atoms with Gasteiger partial charge in [-0.25, -0.2) is 0 Å². The Morgan fingerprint density at radius 3 is 2.33 bits per heavy atom. The number of morpholine rings is 1. The minimum Gasteiger partial charge on any atom is -0.379 e. The summed E-state index contributed by atoms with van der Waals surface area (Å²) >= 11 is 0. The molecule has 2 aliphatic heterocycles. The van der Waals surface area contributed by atoms with Crippen LogP contribution in [0.2, 0.25) is 0 Å². The van der Waals surface area contributed by atoms with Gasteiger partial charge in [-0.15, -0.1) is 0 Å². The molecular weight excluding hydrogens is 342 g/mol. The summed E-state index contributed by atoms with van der Waals surface area (Å²) in [6.45, 7) is 10.6. The predicted octanol–water partition coefficient (Wildman–Crippen LogP) is 2.17. The number of nitrogens with zero attached hydrogens (tertiary/aromatic N) is 2. The van der Waals surface area contributed by atoms with Crippen LogP contribution in [0.15, 0.2) is 0 Å². The van der Waals surface area contributed by atoms with Crippen molar-refractivity contribution in [1.29, 1.82) is 0 Å². The Labute approximate surface area is 164 Å². The van der Waals surface area contributed by atoms with Crippen molar-refractivity contribution < 1.29 is 14.3 Å². The number of hydrogen-bond donors (Lipinski definition) is 1. The van der Waals surface area contributed by atoms with Crippen molar-refractivity contribution in [1.82, 2.24) is 15.1 Å². The highest BCUT2D eigenvalue weighted by molar-refractivity contribution is 5.90. The summed E-state index contributed by atoms with van der Waals surface area (Å²) in [5, 5.41) is 3.25. The number of likely N-dealkylation sites (tertiary alicyclic amines) is 1. The second-order valence-electron chi connectivity index (χ2n) is 9.51. The van der Waals surface area contributed by atoms with Crippen molar-refractivity contribution in [2.45, 2.75) is 77.3 Å². The molecule has 3 fully saturated rings. The van der Waals surface area contributed by atoms with Gasteiger partial charge < -0.3 is 15.0 Å². The smallest absolute Gasteiger partial charge is 0.242 e. The second-order valence-corrected chi connectivity index (χ2v) is 9.51. The van der Waals surface area contributed by atoms with E-state index in [0.29, 0.717) is 13.1 Å². The summed E-state index contributed by atoms with van der Waals surface area (Å²) in [6, 6.07) is -0.304. The predicted molar refractivity (Wildman–Crippen MR) is 105 cm³/mol. The van der Waals surface area contributed by atoms with E-state index in [-0.39, 0.29) is 23.4 Å². The average molecular weight is 380 g/mol. The number of ether oxygens (including phenoxy) is 1. The quantitative estimate of drug-likeness (QED) is 0.813. The van der Waals surface area contributed by atoms with Crippen LogP contribution in [0.3, 0.4) is 0 Å². The third-order valence-corrected chi connectivity index (χ3v) is 6.52. The van der Waals surface area contributed by atoms with Gasteiger partial charge in [0, 0.05) is 37.1 Å². The highest BCUT2D eigenvalue weighted by Gasteiger charge is 2.42. The van der Waals surface area contributed by atoms with Crippen molar-refractivity contribution in [3.05, 3.63) is 0 Å². The maximum Gasteiger partial charge on any atom is 0.242 e. The SMILES string of the molecule is CC(C)(C)C(=O)N1CCCC1C(=O)NCC1(N2CCOCC2)CCCCC1. The molecule has 2 amide bonds. The zero-order valence-electron chi connectivity index (χ0n) is 17.4. The molecule has 27 heavy (non-hydrogen) atoms. The number of nitrogens with one attached hydrogen (secondary N) is 1. The fourth-order valence-corrected chi connectivity index (χ4v) is 4.94. The molecule has 0 aromatic heterocycles. The first-order valence-electron chi connectivity index (χ1n) is 10.8. The molecule has 1 N–H and O–H groups in total. The summed E-state index contributed by atoms with van der Waals surface area (Å²) in [5.41, 5.74) is -0.379. The standard InChI is InChI=1S/C21H37N3O3/c1-20(2,3)19(26)24-11-7-8-17(24)18(25)22-16-21(9-5-4-6-10-21)23-12-14-27-15-13-23/h17H,4-16H2,1-3H3,(H,22,25). The van der Waals surface area contributed by atoms with E-state index >= 15 is 0 Å². The maximum atomic E-state index is 13.0. The third-order valence-electron chi connectivity index (χ3n) is 6.52. The van der Waals surface area contributed by atoms with Crippen LogP contribution in [0.5, 0.6) is 0 Å². The van der Waals surface area contributed by atoms with Crippen LogP contribution in [-0.2, 0) is 14.3 Å². The largest absolute Gasteiger partial charge is 0.379 e. The van der Waals surface area contributed by atoms with Gasteiger partial charge in [-0.2, -0.15) is 0 Å². The van der Waals surface area contributed by atoms with Crippen LogP contribution in [0.1, 0.15) is 65.7 Å². The molecule has 2 heterocycles. The zero-order chi connectivity index (χ0) is 19.5. The molecule has 1 unspecified atom stereocenters. The van der Waals surface area contributed by atoms with Gasteiger partial charge in [-0.05, 0) is 25.7 Å². The van der Waals surface area contributed by atoms with E-state index in [1.54, 1.807) is 4.90 Å². The Morgan fingerprint density at radius 2 is 1.70 bits per heavy atom. The molecule has 0 bridgehead atoms. The van der Waals surface area contributed by atoms with Crippen molar-refractivity contribution >= 4 is 11.8 Å².